The molecule has 5 heteroatoms. The van der Waals surface area contributed by atoms with E-state index >= 15 is 0 Å². The Morgan fingerprint density at radius 2 is 2.24 bits per heavy atom. The molecule has 0 aliphatic carbocycles. The maximum Gasteiger partial charge on any atom is 0.205 e. The molecule has 0 aromatic carbocycles. The molecule has 0 spiro atoms. The van der Waals surface area contributed by atoms with Crippen molar-refractivity contribution >= 4 is 16.7 Å². The molecule has 4 nitrogen and oxygen atoms in total. The minimum absolute atomic E-state index is 0.0486. The molecule has 1 aliphatic heterocycles. The Labute approximate surface area is 108 Å². The van der Waals surface area contributed by atoms with E-state index in [9.17, 15) is 0 Å². The molecule has 17 heavy (non-hydrogen) atoms. The second-order valence-corrected chi connectivity index (χ2v) is 6.43. The van der Waals surface area contributed by atoms with Crippen LogP contribution in [0.1, 0.15) is 39.4 Å². The van der Waals surface area contributed by atoms with Gasteiger partial charge in [0.2, 0.25) is 5.13 Å². The van der Waals surface area contributed by atoms with E-state index in [4.69, 9.17) is 4.98 Å². The molecule has 1 aromatic heterocycles. The van der Waals surface area contributed by atoms with E-state index in [1.807, 2.05) is 7.05 Å². The average Bonchev–Trinajstić information content (AvgIpc) is 2.82. The molecule has 1 fully saturated rings. The zero-order valence-electron chi connectivity index (χ0n) is 11.2. The van der Waals surface area contributed by atoms with E-state index in [1.54, 1.807) is 11.5 Å². The number of nitrogens with zero attached hydrogens (tertiary/aromatic N) is 3. The smallest absolute Gasteiger partial charge is 0.205 e. The van der Waals surface area contributed by atoms with Gasteiger partial charge in [-0.25, -0.2) is 4.98 Å². The van der Waals surface area contributed by atoms with Gasteiger partial charge in [0.05, 0.1) is 0 Å². The summed E-state index contributed by atoms with van der Waals surface area (Å²) < 4.78 is 4.50. The molecule has 0 bridgehead atoms. The Morgan fingerprint density at radius 3 is 2.82 bits per heavy atom. The van der Waals surface area contributed by atoms with Gasteiger partial charge in [-0.05, 0) is 19.9 Å². The molecule has 1 saturated heterocycles. The highest BCUT2D eigenvalue weighted by atomic mass is 32.1. The summed E-state index contributed by atoms with van der Waals surface area (Å²) in [6.45, 7) is 8.63. The molecule has 1 atom stereocenters. The first-order valence-electron chi connectivity index (χ1n) is 6.28. The molecular formula is C12H22N4S. The predicted molar refractivity (Wildman–Crippen MR) is 72.9 cm³/mol. The SMILES string of the molecule is CNCC1CCCN1c1nc(C(C)(C)C)ns1. The number of hydrogen-bond acceptors (Lipinski definition) is 5. The van der Waals surface area contributed by atoms with Crippen LogP contribution in [0.5, 0.6) is 0 Å². The number of nitrogens with one attached hydrogen (secondary N) is 1. The van der Waals surface area contributed by atoms with Gasteiger partial charge < -0.3 is 10.2 Å². The van der Waals surface area contributed by atoms with Crippen molar-refractivity contribution in [3.63, 3.8) is 0 Å². The van der Waals surface area contributed by atoms with Gasteiger partial charge in [0.25, 0.3) is 0 Å². The Morgan fingerprint density at radius 1 is 1.47 bits per heavy atom. The second-order valence-electron chi connectivity index (χ2n) is 5.70. The van der Waals surface area contributed by atoms with E-state index in [1.165, 1.54) is 12.8 Å². The van der Waals surface area contributed by atoms with Crippen LogP contribution in [0.2, 0.25) is 0 Å². The Hall–Kier alpha value is -0.680. The van der Waals surface area contributed by atoms with Crippen molar-refractivity contribution in [2.45, 2.75) is 45.1 Å². The van der Waals surface area contributed by atoms with Crippen molar-refractivity contribution in [1.82, 2.24) is 14.7 Å². The maximum absolute atomic E-state index is 4.70. The van der Waals surface area contributed by atoms with Crippen LogP contribution in [0.3, 0.4) is 0 Å². The summed E-state index contributed by atoms with van der Waals surface area (Å²) in [6.07, 6.45) is 2.52. The number of likely N-dealkylation sites (N-methyl/N-ethyl adjacent to an activating group) is 1. The zero-order chi connectivity index (χ0) is 12.5. The summed E-state index contributed by atoms with van der Waals surface area (Å²) in [5.74, 6) is 0.965. The van der Waals surface area contributed by atoms with Gasteiger partial charge in [-0.1, -0.05) is 20.8 Å². The van der Waals surface area contributed by atoms with Crippen LogP contribution in [0.4, 0.5) is 5.13 Å². The molecule has 0 amide bonds. The first kappa shape index (κ1) is 12.8. The van der Waals surface area contributed by atoms with Gasteiger partial charge in [-0.15, -0.1) is 0 Å². The van der Waals surface area contributed by atoms with Crippen LogP contribution in [-0.4, -0.2) is 35.5 Å². The van der Waals surface area contributed by atoms with Gasteiger partial charge in [-0.3, -0.25) is 0 Å². The summed E-state index contributed by atoms with van der Waals surface area (Å²) in [7, 11) is 2.01. The van der Waals surface area contributed by atoms with Crippen molar-refractivity contribution in [1.29, 1.82) is 0 Å². The Kier molecular flexibility index (Phi) is 3.68. The van der Waals surface area contributed by atoms with Gasteiger partial charge in [0, 0.05) is 36.1 Å². The maximum atomic E-state index is 4.70. The quantitative estimate of drug-likeness (QED) is 0.896. The molecule has 0 saturated carbocycles. The minimum atomic E-state index is 0.0486. The van der Waals surface area contributed by atoms with Crippen LogP contribution in [-0.2, 0) is 5.41 Å². The highest BCUT2D eigenvalue weighted by Gasteiger charge is 2.28. The number of anilines is 1. The highest BCUT2D eigenvalue weighted by molar-refractivity contribution is 7.09. The summed E-state index contributed by atoms with van der Waals surface area (Å²) >= 11 is 1.54. The first-order valence-corrected chi connectivity index (χ1v) is 7.05. The first-order chi connectivity index (χ1) is 8.02. The van der Waals surface area contributed by atoms with Crippen LogP contribution in [0, 0.1) is 0 Å². The lowest BCUT2D eigenvalue weighted by atomic mass is 9.96. The highest BCUT2D eigenvalue weighted by Crippen LogP contribution is 2.29. The number of rotatable bonds is 3. The van der Waals surface area contributed by atoms with Crippen LogP contribution < -0.4 is 10.2 Å². The summed E-state index contributed by atoms with van der Waals surface area (Å²) in [4.78, 5) is 7.11. The lowest BCUT2D eigenvalue weighted by Crippen LogP contribution is -2.36. The molecule has 1 N–H and O–H groups in total. The third-order valence-corrected chi connectivity index (χ3v) is 3.90. The van der Waals surface area contributed by atoms with Crippen LogP contribution in [0.15, 0.2) is 0 Å². The molecule has 96 valence electrons. The fourth-order valence-corrected chi connectivity index (χ4v) is 3.13. The van der Waals surface area contributed by atoms with Crippen molar-refractivity contribution in [2.24, 2.45) is 0 Å². The second kappa shape index (κ2) is 4.90. The van der Waals surface area contributed by atoms with Crippen molar-refractivity contribution in [3.8, 4) is 0 Å². The van der Waals surface area contributed by atoms with Gasteiger partial charge in [0.15, 0.2) is 0 Å². The molecule has 1 aliphatic rings. The lowest BCUT2D eigenvalue weighted by Gasteiger charge is -2.23. The number of hydrogen-bond donors (Lipinski definition) is 1. The van der Waals surface area contributed by atoms with Gasteiger partial charge in [-0.2, -0.15) is 4.37 Å². The summed E-state index contributed by atoms with van der Waals surface area (Å²) in [6, 6.07) is 0.584. The fraction of sp³-hybridized carbons (Fsp3) is 0.833. The van der Waals surface area contributed by atoms with E-state index in [2.05, 4.69) is 35.4 Å². The predicted octanol–water partition coefficient (Wildman–Crippen LogP) is 2.02. The summed E-state index contributed by atoms with van der Waals surface area (Å²) in [5.41, 5.74) is 0.0486. The minimum Gasteiger partial charge on any atom is -0.343 e. The fourth-order valence-electron chi connectivity index (χ4n) is 2.17. The standard InChI is InChI=1S/C12H22N4S/c1-12(2,3)10-14-11(17-15-10)16-7-5-6-9(16)8-13-4/h9,13H,5-8H2,1-4H3. The Bertz CT molecular complexity index is 369. The van der Waals surface area contributed by atoms with E-state index in [0.29, 0.717) is 6.04 Å². The Balaban J connectivity index is 2.14. The van der Waals surface area contributed by atoms with Gasteiger partial charge >= 0.3 is 0 Å². The lowest BCUT2D eigenvalue weighted by molar-refractivity contribution is 0.552. The van der Waals surface area contributed by atoms with Crippen LogP contribution in [0.25, 0.3) is 0 Å². The van der Waals surface area contributed by atoms with Crippen molar-refractivity contribution < 1.29 is 0 Å². The third-order valence-electron chi connectivity index (χ3n) is 3.15. The normalized spacial score (nSPS) is 21.2. The van der Waals surface area contributed by atoms with E-state index < -0.39 is 0 Å². The van der Waals surface area contributed by atoms with Crippen LogP contribution >= 0.6 is 11.5 Å². The zero-order valence-corrected chi connectivity index (χ0v) is 12.0. The molecule has 2 heterocycles. The molecule has 2 rings (SSSR count). The molecule has 0 radical (unpaired) electrons. The van der Waals surface area contributed by atoms with E-state index in [-0.39, 0.29) is 5.41 Å². The van der Waals surface area contributed by atoms with Crippen molar-refractivity contribution in [2.75, 3.05) is 25.0 Å². The topological polar surface area (TPSA) is 41.0 Å². The molecule has 1 aromatic rings. The number of aromatic nitrogens is 2. The monoisotopic (exact) mass is 254 g/mol. The average molecular weight is 254 g/mol. The largest absolute Gasteiger partial charge is 0.343 e. The van der Waals surface area contributed by atoms with E-state index in [0.717, 1.165) is 24.0 Å². The van der Waals surface area contributed by atoms with Crippen molar-refractivity contribution in [3.05, 3.63) is 5.82 Å². The molecular weight excluding hydrogens is 232 g/mol. The summed E-state index contributed by atoms with van der Waals surface area (Å²) in [5, 5.41) is 4.35. The molecule has 1 unspecified atom stereocenters. The van der Waals surface area contributed by atoms with Gasteiger partial charge in [0.1, 0.15) is 5.82 Å². The third kappa shape index (κ3) is 2.77.